The number of nitrogens with one attached hydrogen (secondary N) is 1. The van der Waals surface area contributed by atoms with Gasteiger partial charge in [0.2, 0.25) is 0 Å². The summed E-state index contributed by atoms with van der Waals surface area (Å²) in [6.45, 7) is 1.77. The maximum Gasteiger partial charge on any atom is 0.138 e. The van der Waals surface area contributed by atoms with Crippen LogP contribution in [0.2, 0.25) is 0 Å². The molecule has 0 radical (unpaired) electrons. The Morgan fingerprint density at radius 2 is 2.20 bits per heavy atom. The SMILES string of the molecule is O=C[C@@H]1CCCN1NCc1ccccc1. The van der Waals surface area contributed by atoms with Crippen molar-refractivity contribution in [3.05, 3.63) is 35.9 Å². The predicted octanol–water partition coefficient (Wildman–Crippen LogP) is 1.35. The molecule has 1 aliphatic heterocycles. The van der Waals surface area contributed by atoms with Gasteiger partial charge in [-0.05, 0) is 18.4 Å². The molecule has 3 nitrogen and oxygen atoms in total. The van der Waals surface area contributed by atoms with E-state index in [0.717, 1.165) is 32.2 Å². The lowest BCUT2D eigenvalue weighted by Gasteiger charge is -2.21. The fraction of sp³-hybridized carbons (Fsp3) is 0.417. The maximum atomic E-state index is 10.7. The lowest BCUT2D eigenvalue weighted by atomic mass is 10.2. The summed E-state index contributed by atoms with van der Waals surface area (Å²) >= 11 is 0. The van der Waals surface area contributed by atoms with Crippen molar-refractivity contribution in [2.24, 2.45) is 0 Å². The van der Waals surface area contributed by atoms with E-state index in [2.05, 4.69) is 17.6 Å². The molecule has 1 heterocycles. The predicted molar refractivity (Wildman–Crippen MR) is 59.1 cm³/mol. The van der Waals surface area contributed by atoms with E-state index < -0.39 is 0 Å². The van der Waals surface area contributed by atoms with Crippen molar-refractivity contribution < 1.29 is 4.79 Å². The molecule has 0 aromatic heterocycles. The Balaban J connectivity index is 1.85. The number of hydrogen-bond acceptors (Lipinski definition) is 3. The van der Waals surface area contributed by atoms with Crippen LogP contribution in [0, 0.1) is 0 Å². The second-order valence-electron chi connectivity index (χ2n) is 3.86. The molecule has 3 heteroatoms. The lowest BCUT2D eigenvalue weighted by molar-refractivity contribution is -0.112. The summed E-state index contributed by atoms with van der Waals surface area (Å²) in [6.07, 6.45) is 3.11. The quantitative estimate of drug-likeness (QED) is 0.751. The van der Waals surface area contributed by atoms with Crippen molar-refractivity contribution in [1.29, 1.82) is 0 Å². The van der Waals surface area contributed by atoms with Crippen molar-refractivity contribution in [1.82, 2.24) is 10.4 Å². The van der Waals surface area contributed by atoms with Crippen molar-refractivity contribution in [2.75, 3.05) is 6.54 Å². The van der Waals surface area contributed by atoms with Gasteiger partial charge in [-0.25, -0.2) is 5.01 Å². The van der Waals surface area contributed by atoms with Crippen molar-refractivity contribution in [3.63, 3.8) is 0 Å². The fourth-order valence-corrected chi connectivity index (χ4v) is 1.92. The summed E-state index contributed by atoms with van der Waals surface area (Å²) in [6, 6.07) is 10.3. The summed E-state index contributed by atoms with van der Waals surface area (Å²) in [7, 11) is 0. The van der Waals surface area contributed by atoms with Gasteiger partial charge in [0.15, 0.2) is 0 Å². The van der Waals surface area contributed by atoms with E-state index in [4.69, 9.17) is 0 Å². The number of carbonyl (C=O) groups is 1. The van der Waals surface area contributed by atoms with Crippen LogP contribution < -0.4 is 5.43 Å². The molecule has 0 spiro atoms. The number of hydrogen-bond donors (Lipinski definition) is 1. The Hall–Kier alpha value is -1.19. The summed E-state index contributed by atoms with van der Waals surface area (Å²) in [5, 5.41) is 2.04. The van der Waals surface area contributed by atoms with Gasteiger partial charge in [0.05, 0.1) is 6.04 Å². The molecule has 1 aliphatic rings. The topological polar surface area (TPSA) is 32.3 Å². The Labute approximate surface area is 90.1 Å². The van der Waals surface area contributed by atoms with E-state index in [1.54, 1.807) is 0 Å². The average molecular weight is 204 g/mol. The molecule has 1 saturated heterocycles. The second kappa shape index (κ2) is 5.05. The summed E-state index contributed by atoms with van der Waals surface area (Å²) in [4.78, 5) is 10.7. The number of rotatable bonds is 4. The smallest absolute Gasteiger partial charge is 0.138 e. The standard InChI is InChI=1S/C12H16N2O/c15-10-12-7-4-8-14(12)13-9-11-5-2-1-3-6-11/h1-3,5-6,10,12-13H,4,7-9H2/t12-/m0/s1. The first-order valence-corrected chi connectivity index (χ1v) is 5.39. The van der Waals surface area contributed by atoms with E-state index in [-0.39, 0.29) is 6.04 Å². The highest BCUT2D eigenvalue weighted by atomic mass is 16.1. The molecule has 1 N–H and O–H groups in total. The Morgan fingerprint density at radius 1 is 1.40 bits per heavy atom. The third kappa shape index (κ3) is 2.64. The van der Waals surface area contributed by atoms with E-state index >= 15 is 0 Å². The fourth-order valence-electron chi connectivity index (χ4n) is 1.92. The Bertz CT molecular complexity index is 313. The number of nitrogens with zero attached hydrogens (tertiary/aromatic N) is 1. The molecular formula is C12H16N2O. The van der Waals surface area contributed by atoms with Gasteiger partial charge < -0.3 is 4.79 Å². The molecule has 0 unspecified atom stereocenters. The molecule has 1 atom stereocenters. The van der Waals surface area contributed by atoms with E-state index in [1.165, 1.54) is 5.56 Å². The molecular weight excluding hydrogens is 188 g/mol. The molecule has 1 aromatic rings. The zero-order valence-electron chi connectivity index (χ0n) is 8.73. The highest BCUT2D eigenvalue weighted by Gasteiger charge is 2.22. The minimum Gasteiger partial charge on any atom is -0.302 e. The minimum atomic E-state index is 0.0636. The zero-order chi connectivity index (χ0) is 10.5. The van der Waals surface area contributed by atoms with E-state index in [0.29, 0.717) is 0 Å². The molecule has 0 saturated carbocycles. The summed E-state index contributed by atoms with van der Waals surface area (Å²) < 4.78 is 0. The first-order valence-electron chi connectivity index (χ1n) is 5.39. The van der Waals surface area contributed by atoms with Gasteiger partial charge in [-0.1, -0.05) is 30.3 Å². The number of benzene rings is 1. The van der Waals surface area contributed by atoms with Gasteiger partial charge in [-0.3, -0.25) is 5.43 Å². The highest BCUT2D eigenvalue weighted by Crippen LogP contribution is 2.12. The number of aldehydes is 1. The molecule has 0 bridgehead atoms. The van der Waals surface area contributed by atoms with Gasteiger partial charge in [0, 0.05) is 13.1 Å². The van der Waals surface area contributed by atoms with Gasteiger partial charge in [0.25, 0.3) is 0 Å². The van der Waals surface area contributed by atoms with Crippen LogP contribution in [0.4, 0.5) is 0 Å². The molecule has 80 valence electrons. The van der Waals surface area contributed by atoms with Crippen molar-refractivity contribution in [2.45, 2.75) is 25.4 Å². The van der Waals surface area contributed by atoms with Crippen LogP contribution in [-0.2, 0) is 11.3 Å². The van der Waals surface area contributed by atoms with Crippen molar-refractivity contribution >= 4 is 6.29 Å². The number of hydrazine groups is 1. The Kier molecular flexibility index (Phi) is 3.48. The van der Waals surface area contributed by atoms with E-state index in [9.17, 15) is 4.79 Å². The van der Waals surface area contributed by atoms with Crippen LogP contribution in [0.5, 0.6) is 0 Å². The Morgan fingerprint density at radius 3 is 2.93 bits per heavy atom. The summed E-state index contributed by atoms with van der Waals surface area (Å²) in [5.41, 5.74) is 4.55. The van der Waals surface area contributed by atoms with Crippen LogP contribution in [0.15, 0.2) is 30.3 Å². The van der Waals surface area contributed by atoms with Gasteiger partial charge in [-0.15, -0.1) is 0 Å². The maximum absolute atomic E-state index is 10.7. The zero-order valence-corrected chi connectivity index (χ0v) is 8.73. The molecule has 1 fully saturated rings. The lowest BCUT2D eigenvalue weighted by Crippen LogP contribution is -2.41. The minimum absolute atomic E-state index is 0.0636. The third-order valence-corrected chi connectivity index (χ3v) is 2.79. The van der Waals surface area contributed by atoms with Crippen LogP contribution >= 0.6 is 0 Å². The monoisotopic (exact) mass is 204 g/mol. The van der Waals surface area contributed by atoms with Gasteiger partial charge in [-0.2, -0.15) is 0 Å². The largest absolute Gasteiger partial charge is 0.302 e. The average Bonchev–Trinajstić information content (AvgIpc) is 2.75. The summed E-state index contributed by atoms with van der Waals surface area (Å²) in [5.74, 6) is 0. The molecule has 1 aromatic carbocycles. The second-order valence-corrected chi connectivity index (χ2v) is 3.86. The van der Waals surface area contributed by atoms with Crippen LogP contribution in [0.3, 0.4) is 0 Å². The molecule has 2 rings (SSSR count). The van der Waals surface area contributed by atoms with Crippen LogP contribution in [0.1, 0.15) is 18.4 Å². The van der Waals surface area contributed by atoms with Crippen LogP contribution in [0.25, 0.3) is 0 Å². The van der Waals surface area contributed by atoms with Crippen LogP contribution in [-0.4, -0.2) is 23.9 Å². The normalized spacial score (nSPS) is 21.7. The van der Waals surface area contributed by atoms with Gasteiger partial charge in [0.1, 0.15) is 6.29 Å². The van der Waals surface area contributed by atoms with Gasteiger partial charge >= 0.3 is 0 Å². The third-order valence-electron chi connectivity index (χ3n) is 2.79. The van der Waals surface area contributed by atoms with Crippen molar-refractivity contribution in [3.8, 4) is 0 Å². The molecule has 0 amide bonds. The van der Waals surface area contributed by atoms with E-state index in [1.807, 2.05) is 23.2 Å². The number of carbonyl (C=O) groups excluding carboxylic acids is 1. The molecule has 15 heavy (non-hydrogen) atoms. The molecule has 0 aliphatic carbocycles. The first kappa shape index (κ1) is 10.3. The highest BCUT2D eigenvalue weighted by molar-refractivity contribution is 5.57. The first-order chi connectivity index (χ1) is 7.40.